The molecule has 58 heavy (non-hydrogen) atoms. The zero-order chi connectivity index (χ0) is 41.6. The minimum atomic E-state index is -1.88. The predicted molar refractivity (Wildman–Crippen MR) is 210 cm³/mol. The Morgan fingerprint density at radius 1 is 1.03 bits per heavy atom. The molecular formula is C43H53N3O12. The molecule has 0 bridgehead atoms. The average Bonchev–Trinajstić information content (AvgIpc) is 3.18. The number of fused-ring (bicyclic) bond motifs is 3. The van der Waals surface area contributed by atoms with E-state index in [1.54, 1.807) is 37.3 Å². The maximum absolute atomic E-state index is 13.9. The SMILES string of the molecule is COc1cccc2c1C(=O)c1cc3c(cc1C2=O)C[C@@](O)(/C(CO)=N\NC(=O)CCCC(=O)CNC(=O)OC1/C=C/CCCCC1)C[C@@H]3O[C@H]1C[C@H](C)[C@H](O)[C@H](C)O1. The number of aliphatic hydroxyl groups is 3. The van der Waals surface area contributed by atoms with E-state index in [1.807, 2.05) is 19.1 Å². The molecule has 1 heterocycles. The van der Waals surface area contributed by atoms with Gasteiger partial charge in [0.15, 0.2) is 23.6 Å². The van der Waals surface area contributed by atoms with Gasteiger partial charge in [-0.15, -0.1) is 0 Å². The number of ether oxygens (including phenoxy) is 4. The van der Waals surface area contributed by atoms with Crippen molar-refractivity contribution in [2.75, 3.05) is 20.3 Å². The second-order valence-corrected chi connectivity index (χ2v) is 15.7. The van der Waals surface area contributed by atoms with E-state index < -0.39 is 60.4 Å². The number of rotatable bonds is 13. The topological polar surface area (TPSA) is 219 Å². The second kappa shape index (κ2) is 18.9. The van der Waals surface area contributed by atoms with Gasteiger partial charge in [-0.25, -0.2) is 10.2 Å². The number of nitrogens with zero attached hydrogens (tertiary/aromatic N) is 1. The number of allylic oxidation sites excluding steroid dienone is 1. The van der Waals surface area contributed by atoms with Gasteiger partial charge in [-0.1, -0.05) is 31.6 Å². The molecule has 6 rings (SSSR count). The van der Waals surface area contributed by atoms with Gasteiger partial charge in [-0.05, 0) is 80.3 Å². The fourth-order valence-electron chi connectivity index (χ4n) is 8.17. The number of hydrogen-bond donors (Lipinski definition) is 5. The molecule has 2 aromatic carbocycles. The molecule has 312 valence electrons. The summed E-state index contributed by atoms with van der Waals surface area (Å²) < 4.78 is 23.3. The number of Topliss-reactive ketones (excluding diaryl/α,β-unsaturated/α-hetero) is 1. The van der Waals surface area contributed by atoms with Crippen molar-refractivity contribution in [3.8, 4) is 5.75 Å². The van der Waals surface area contributed by atoms with E-state index in [4.69, 9.17) is 18.9 Å². The molecule has 1 fully saturated rings. The summed E-state index contributed by atoms with van der Waals surface area (Å²) in [4.78, 5) is 65.2. The lowest BCUT2D eigenvalue weighted by molar-refractivity contribution is -0.253. The van der Waals surface area contributed by atoms with Crippen molar-refractivity contribution in [3.63, 3.8) is 0 Å². The zero-order valence-electron chi connectivity index (χ0n) is 33.2. The molecule has 0 spiro atoms. The number of hydrazone groups is 1. The van der Waals surface area contributed by atoms with Crippen LogP contribution in [0.15, 0.2) is 47.6 Å². The highest BCUT2D eigenvalue weighted by Gasteiger charge is 2.46. The third-order valence-corrected chi connectivity index (χ3v) is 11.4. The maximum Gasteiger partial charge on any atom is 0.408 e. The number of methoxy groups -OCH3 is 1. The largest absolute Gasteiger partial charge is 0.496 e. The van der Waals surface area contributed by atoms with Gasteiger partial charge in [-0.3, -0.25) is 19.2 Å². The van der Waals surface area contributed by atoms with E-state index in [2.05, 4.69) is 15.8 Å². The summed E-state index contributed by atoms with van der Waals surface area (Å²) in [7, 11) is 1.42. The number of carbonyl (C=O) groups is 5. The summed E-state index contributed by atoms with van der Waals surface area (Å²) in [5.41, 5.74) is 1.95. The summed E-state index contributed by atoms with van der Waals surface area (Å²) in [5, 5.41) is 39.8. The Balaban J connectivity index is 1.14. The third-order valence-electron chi connectivity index (χ3n) is 11.4. The fraction of sp³-hybridized carbons (Fsp3) is 0.535. The molecule has 1 aliphatic heterocycles. The van der Waals surface area contributed by atoms with Crippen LogP contribution in [0.5, 0.6) is 5.75 Å². The van der Waals surface area contributed by atoms with Gasteiger partial charge in [0.05, 0.1) is 49.8 Å². The van der Waals surface area contributed by atoms with E-state index >= 15 is 0 Å². The molecule has 1 unspecified atom stereocenters. The number of ketones is 3. The Labute approximate surface area is 337 Å². The van der Waals surface area contributed by atoms with Crippen molar-refractivity contribution in [3.05, 3.63) is 75.9 Å². The number of alkyl carbamates (subject to hydrolysis) is 1. The lowest BCUT2D eigenvalue weighted by Crippen LogP contribution is -2.49. The van der Waals surface area contributed by atoms with Crippen LogP contribution >= 0.6 is 0 Å². The van der Waals surface area contributed by atoms with Gasteiger partial charge in [0, 0.05) is 48.8 Å². The van der Waals surface area contributed by atoms with Crippen LogP contribution in [-0.2, 0) is 30.2 Å². The van der Waals surface area contributed by atoms with Gasteiger partial charge in [-0.2, -0.15) is 5.10 Å². The van der Waals surface area contributed by atoms with Crippen LogP contribution in [0.3, 0.4) is 0 Å². The van der Waals surface area contributed by atoms with Crippen LogP contribution in [0, 0.1) is 5.92 Å². The molecule has 7 atom stereocenters. The molecule has 4 aliphatic rings. The molecular weight excluding hydrogens is 750 g/mol. The van der Waals surface area contributed by atoms with Crippen LogP contribution < -0.4 is 15.5 Å². The summed E-state index contributed by atoms with van der Waals surface area (Å²) >= 11 is 0. The molecule has 0 saturated carbocycles. The number of benzene rings is 2. The first-order chi connectivity index (χ1) is 27.8. The Bertz CT molecular complexity index is 1950. The standard InChI is InChI=1S/C43H53N3O12/c1-24-17-37(56-25(2)39(24)50)58-34-21-43(54,20-26-18-31-32(19-30(26)34)41(52)38-29(40(31)51)14-10-15-33(38)55-3)35(23-47)45-46-36(49)16-9-11-27(48)22-44-42(53)57-28-12-7-5-4-6-8-13-28/h7,10,12,14-15,18-19,24-25,28,34,37,39,47,50,54H,4-6,8-9,11,13,16-17,20-23H2,1-3H3,(H,44,53)(H,46,49)/b12-7+,45-35-/t24-,25-,28?,34-,37-,39-,43-/m0/s1. The quantitative estimate of drug-likeness (QED) is 0.0935. The van der Waals surface area contributed by atoms with E-state index in [1.165, 1.54) is 7.11 Å². The predicted octanol–water partition coefficient (Wildman–Crippen LogP) is 4.16. The molecule has 5 N–H and O–H groups in total. The summed E-state index contributed by atoms with van der Waals surface area (Å²) in [6, 6.07) is 7.95. The van der Waals surface area contributed by atoms with Crippen molar-refractivity contribution in [1.29, 1.82) is 0 Å². The number of carbonyl (C=O) groups excluding carboxylic acids is 5. The van der Waals surface area contributed by atoms with E-state index in [-0.39, 0.29) is 90.2 Å². The Morgan fingerprint density at radius 2 is 1.83 bits per heavy atom. The van der Waals surface area contributed by atoms with E-state index in [0.29, 0.717) is 17.5 Å². The lowest BCUT2D eigenvalue weighted by Gasteiger charge is -2.42. The van der Waals surface area contributed by atoms with Crippen LogP contribution in [-0.4, -0.2) is 101 Å². The van der Waals surface area contributed by atoms with Crippen LogP contribution in [0.4, 0.5) is 4.79 Å². The van der Waals surface area contributed by atoms with Crippen molar-refractivity contribution in [2.24, 2.45) is 11.0 Å². The molecule has 2 amide bonds. The first-order valence-electron chi connectivity index (χ1n) is 20.1. The smallest absolute Gasteiger partial charge is 0.408 e. The average molecular weight is 804 g/mol. The Morgan fingerprint density at radius 3 is 2.59 bits per heavy atom. The van der Waals surface area contributed by atoms with Gasteiger partial charge < -0.3 is 39.6 Å². The van der Waals surface area contributed by atoms with E-state index in [0.717, 1.165) is 32.1 Å². The van der Waals surface area contributed by atoms with Crippen molar-refractivity contribution in [2.45, 2.75) is 121 Å². The first-order valence-corrected chi connectivity index (χ1v) is 20.1. The van der Waals surface area contributed by atoms with Gasteiger partial charge in [0.25, 0.3) is 0 Å². The summed E-state index contributed by atoms with van der Waals surface area (Å²) in [5.74, 6) is -1.56. The zero-order valence-corrected chi connectivity index (χ0v) is 33.2. The monoisotopic (exact) mass is 803 g/mol. The van der Waals surface area contributed by atoms with Crippen LogP contribution in [0.2, 0.25) is 0 Å². The van der Waals surface area contributed by atoms with Crippen LogP contribution in [0.25, 0.3) is 0 Å². The molecule has 0 aromatic heterocycles. The van der Waals surface area contributed by atoms with Gasteiger partial charge in [0.2, 0.25) is 5.91 Å². The first kappa shape index (κ1) is 42.8. The highest BCUT2D eigenvalue weighted by Crippen LogP contribution is 2.44. The molecule has 1 saturated heterocycles. The minimum Gasteiger partial charge on any atom is -0.496 e. The Kier molecular flexibility index (Phi) is 13.9. The third kappa shape index (κ3) is 9.72. The summed E-state index contributed by atoms with van der Waals surface area (Å²) in [6.45, 7) is 2.62. The maximum atomic E-state index is 13.9. The Hall–Kier alpha value is -4.80. The highest BCUT2D eigenvalue weighted by molar-refractivity contribution is 6.29. The normalized spacial score (nSPS) is 27.5. The second-order valence-electron chi connectivity index (χ2n) is 15.7. The highest BCUT2D eigenvalue weighted by atomic mass is 16.7. The number of aliphatic hydroxyl groups excluding tert-OH is 2. The van der Waals surface area contributed by atoms with E-state index in [9.17, 15) is 39.3 Å². The number of amides is 2. The molecule has 2 aromatic rings. The molecule has 0 radical (unpaired) electrons. The van der Waals surface area contributed by atoms with Crippen LogP contribution in [0.1, 0.15) is 127 Å². The van der Waals surface area contributed by atoms with Gasteiger partial charge >= 0.3 is 6.09 Å². The van der Waals surface area contributed by atoms with Crippen molar-refractivity contribution >= 4 is 35.1 Å². The molecule has 15 nitrogen and oxygen atoms in total. The number of hydrogen-bond acceptors (Lipinski definition) is 13. The molecule has 3 aliphatic carbocycles. The van der Waals surface area contributed by atoms with Gasteiger partial charge in [0.1, 0.15) is 17.5 Å². The number of nitrogens with one attached hydrogen (secondary N) is 2. The minimum absolute atomic E-state index is 0.00758. The van der Waals surface area contributed by atoms with Crippen molar-refractivity contribution in [1.82, 2.24) is 10.7 Å². The molecule has 15 heteroatoms. The summed E-state index contributed by atoms with van der Waals surface area (Å²) in [6.07, 6.45) is 4.75. The van der Waals surface area contributed by atoms with Crippen molar-refractivity contribution < 1.29 is 58.2 Å². The fourth-order valence-corrected chi connectivity index (χ4v) is 8.17. The lowest BCUT2D eigenvalue weighted by atomic mass is 9.73.